The summed E-state index contributed by atoms with van der Waals surface area (Å²) < 4.78 is 0. The molecular formula is C10H11N2NaO4. The van der Waals surface area contributed by atoms with E-state index in [-0.39, 0.29) is 42.3 Å². The fourth-order valence-corrected chi connectivity index (χ4v) is 0.975. The third kappa shape index (κ3) is 4.48. The maximum absolute atomic E-state index is 10.8. The molecule has 1 aromatic rings. The second kappa shape index (κ2) is 6.95. The number of nitrogens with one attached hydrogen (secondary N) is 2. The van der Waals surface area contributed by atoms with E-state index in [0.717, 1.165) is 6.08 Å². The molecule has 86 valence electrons. The monoisotopic (exact) mass is 246 g/mol. The van der Waals surface area contributed by atoms with Crippen LogP contribution in [0.5, 0.6) is 5.75 Å². The van der Waals surface area contributed by atoms with Crippen molar-refractivity contribution in [2.45, 2.75) is 0 Å². The minimum absolute atomic E-state index is 0. The molecule has 0 aliphatic heterocycles. The summed E-state index contributed by atoms with van der Waals surface area (Å²) in [6.07, 6.45) is 1.07. The van der Waals surface area contributed by atoms with Crippen LogP contribution in [0.1, 0.15) is 11.8 Å². The predicted octanol–water partition coefficient (Wildman–Crippen LogP) is -2.16. The Morgan fingerprint density at radius 1 is 1.41 bits per heavy atom. The van der Waals surface area contributed by atoms with E-state index in [4.69, 9.17) is 5.11 Å². The van der Waals surface area contributed by atoms with Crippen molar-refractivity contribution in [3.8, 4) is 5.75 Å². The van der Waals surface area contributed by atoms with Gasteiger partial charge in [-0.25, -0.2) is 4.79 Å². The zero-order valence-electron chi connectivity index (χ0n) is 10.2. The Bertz CT molecular complexity index is 454. The van der Waals surface area contributed by atoms with Crippen molar-refractivity contribution >= 4 is 17.6 Å². The summed E-state index contributed by atoms with van der Waals surface area (Å²) in [5.41, 5.74) is 4.89. The summed E-state index contributed by atoms with van der Waals surface area (Å²) >= 11 is 0. The topological polar surface area (TPSA) is 98.7 Å². The third-order valence-electron chi connectivity index (χ3n) is 1.74. The smallest absolute Gasteiger partial charge is 1.00 e. The third-order valence-corrected chi connectivity index (χ3v) is 1.74. The number of anilines is 1. The number of aromatic carboxylic acids is 1. The van der Waals surface area contributed by atoms with Gasteiger partial charge < -0.3 is 11.6 Å². The zero-order chi connectivity index (χ0) is 12.1. The number of phenols is 1. The van der Waals surface area contributed by atoms with Crippen LogP contribution in [0, 0.1) is 0 Å². The molecule has 0 heterocycles. The van der Waals surface area contributed by atoms with Gasteiger partial charge in [-0.05, 0) is 18.2 Å². The van der Waals surface area contributed by atoms with Crippen LogP contribution in [0.3, 0.4) is 0 Å². The Hall–Kier alpha value is -1.50. The van der Waals surface area contributed by atoms with Crippen LogP contribution in [0.4, 0.5) is 5.69 Å². The number of rotatable bonds is 4. The van der Waals surface area contributed by atoms with E-state index in [2.05, 4.69) is 17.4 Å². The van der Waals surface area contributed by atoms with E-state index in [1.165, 1.54) is 18.2 Å². The van der Waals surface area contributed by atoms with Gasteiger partial charge in [0.2, 0.25) is 0 Å². The minimum atomic E-state index is -1.22. The molecule has 0 unspecified atom stereocenters. The van der Waals surface area contributed by atoms with Gasteiger partial charge in [0.15, 0.2) is 0 Å². The van der Waals surface area contributed by atoms with Gasteiger partial charge in [-0.1, -0.05) is 6.58 Å². The fourth-order valence-electron chi connectivity index (χ4n) is 0.975. The van der Waals surface area contributed by atoms with E-state index in [9.17, 15) is 14.7 Å². The second-order valence-corrected chi connectivity index (χ2v) is 2.86. The first-order valence-corrected chi connectivity index (χ1v) is 4.29. The minimum Gasteiger partial charge on any atom is -1.00 e. The van der Waals surface area contributed by atoms with Crippen LogP contribution in [-0.2, 0) is 4.79 Å². The molecule has 1 aromatic carbocycles. The quantitative estimate of drug-likeness (QED) is 0.275. The second-order valence-electron chi connectivity index (χ2n) is 2.86. The molecule has 7 heteroatoms. The molecule has 0 atom stereocenters. The first-order valence-electron chi connectivity index (χ1n) is 4.29. The van der Waals surface area contributed by atoms with Crippen LogP contribution < -0.4 is 40.4 Å². The van der Waals surface area contributed by atoms with Crippen LogP contribution in [-0.4, -0.2) is 22.1 Å². The van der Waals surface area contributed by atoms with Crippen molar-refractivity contribution in [3.05, 3.63) is 36.4 Å². The number of carboxylic acids is 1. The van der Waals surface area contributed by atoms with E-state index in [1.807, 2.05) is 0 Å². The Morgan fingerprint density at radius 3 is 2.53 bits per heavy atom. The number of carbonyl (C=O) groups excluding carboxylic acids is 1. The molecule has 0 bridgehead atoms. The van der Waals surface area contributed by atoms with Gasteiger partial charge in [-0.3, -0.25) is 15.6 Å². The number of hydrazine groups is 1. The largest absolute Gasteiger partial charge is 1.00 e. The zero-order valence-corrected chi connectivity index (χ0v) is 11.2. The molecule has 0 saturated heterocycles. The summed E-state index contributed by atoms with van der Waals surface area (Å²) in [6, 6.07) is 3.82. The molecule has 17 heavy (non-hydrogen) atoms. The first-order chi connectivity index (χ1) is 7.54. The Morgan fingerprint density at radius 2 is 2.06 bits per heavy atom. The van der Waals surface area contributed by atoms with Crippen molar-refractivity contribution in [2.24, 2.45) is 0 Å². The van der Waals surface area contributed by atoms with Crippen molar-refractivity contribution < 1.29 is 50.8 Å². The molecule has 0 aliphatic rings. The number of carboxylic acid groups (broad SMARTS) is 1. The van der Waals surface area contributed by atoms with Crippen LogP contribution >= 0.6 is 0 Å². The first kappa shape index (κ1) is 15.5. The summed E-state index contributed by atoms with van der Waals surface area (Å²) in [6.45, 7) is 3.25. The summed E-state index contributed by atoms with van der Waals surface area (Å²) in [4.78, 5) is 21.4. The summed E-state index contributed by atoms with van der Waals surface area (Å²) in [5, 5.41) is 18.0. The number of hydrogen-bond acceptors (Lipinski definition) is 4. The van der Waals surface area contributed by atoms with E-state index in [0.29, 0.717) is 5.69 Å². The maximum atomic E-state index is 10.8. The molecule has 0 saturated carbocycles. The molecule has 1 rings (SSSR count). The van der Waals surface area contributed by atoms with Crippen LogP contribution in [0.2, 0.25) is 0 Å². The Kier molecular flexibility index (Phi) is 6.34. The number of benzene rings is 1. The van der Waals surface area contributed by atoms with Gasteiger partial charge in [-0.2, -0.15) is 0 Å². The Balaban J connectivity index is 0. The normalized spacial score (nSPS) is 8.71. The molecule has 6 nitrogen and oxygen atoms in total. The van der Waals surface area contributed by atoms with E-state index >= 15 is 0 Å². The van der Waals surface area contributed by atoms with Gasteiger partial charge in [0, 0.05) is 6.07 Å². The molecule has 4 N–H and O–H groups in total. The van der Waals surface area contributed by atoms with Crippen LogP contribution in [0.25, 0.3) is 0 Å². The Labute approximate surface area is 121 Å². The molecule has 0 spiro atoms. The predicted molar refractivity (Wildman–Crippen MR) is 58.1 cm³/mol. The van der Waals surface area contributed by atoms with E-state index < -0.39 is 11.9 Å². The van der Waals surface area contributed by atoms with Crippen molar-refractivity contribution in [3.63, 3.8) is 0 Å². The van der Waals surface area contributed by atoms with Gasteiger partial charge in [0.1, 0.15) is 11.3 Å². The molecule has 0 fully saturated rings. The molecule has 1 amide bonds. The molecule has 0 radical (unpaired) electrons. The number of aromatic hydroxyl groups is 1. The number of carbonyl (C=O) groups is 2. The fraction of sp³-hybridized carbons (Fsp3) is 0. The van der Waals surface area contributed by atoms with Crippen LogP contribution in [0.15, 0.2) is 30.9 Å². The standard InChI is InChI=1S/C10H10N2O4.Na.H/c1-2-9(14)12-11-6-3-4-7(10(15)16)8(13)5-6;;/h2-5,11,13H,1H2,(H,12,14)(H,15,16);;/q;+1;-1. The molecule has 0 aromatic heterocycles. The average molecular weight is 246 g/mol. The maximum Gasteiger partial charge on any atom is 1.00 e. The summed E-state index contributed by atoms with van der Waals surface area (Å²) in [7, 11) is 0. The van der Waals surface area contributed by atoms with Crippen molar-refractivity contribution in [1.29, 1.82) is 0 Å². The van der Waals surface area contributed by atoms with Gasteiger partial charge >= 0.3 is 35.5 Å². The summed E-state index contributed by atoms with van der Waals surface area (Å²) in [5.74, 6) is -2.05. The number of amides is 1. The number of hydrogen-bond donors (Lipinski definition) is 4. The van der Waals surface area contributed by atoms with Gasteiger partial charge in [0.25, 0.3) is 5.91 Å². The van der Waals surface area contributed by atoms with Gasteiger partial charge in [0.05, 0.1) is 5.69 Å². The van der Waals surface area contributed by atoms with E-state index in [1.54, 1.807) is 0 Å². The van der Waals surface area contributed by atoms with Crippen molar-refractivity contribution in [2.75, 3.05) is 5.43 Å². The molecular weight excluding hydrogens is 235 g/mol. The average Bonchev–Trinajstić information content (AvgIpc) is 2.25. The van der Waals surface area contributed by atoms with Crippen molar-refractivity contribution in [1.82, 2.24) is 5.43 Å². The SMILES string of the molecule is C=CC(=O)NNc1ccc(C(=O)O)c(O)c1.[H-].[Na+]. The van der Waals surface area contributed by atoms with Gasteiger partial charge in [-0.15, -0.1) is 0 Å². The molecule has 0 aliphatic carbocycles.